The van der Waals surface area contributed by atoms with E-state index in [1.165, 1.54) is 225 Å². The Morgan fingerprint density at radius 1 is 0.296 bits per heavy atom. The Balaban J connectivity index is 5.21. The molecular weight excluding hydrogens is 1280 g/mol. The van der Waals surface area contributed by atoms with E-state index in [1.807, 2.05) is 0 Å². The van der Waals surface area contributed by atoms with Gasteiger partial charge >= 0.3 is 39.5 Å². The molecule has 582 valence electrons. The molecular formula is C79H154O17P2. The number of aliphatic hydroxyl groups excluding tert-OH is 1. The van der Waals surface area contributed by atoms with E-state index in [2.05, 4.69) is 41.5 Å². The van der Waals surface area contributed by atoms with Crippen molar-refractivity contribution < 1.29 is 80.2 Å². The van der Waals surface area contributed by atoms with Crippen molar-refractivity contribution in [3.8, 4) is 0 Å². The number of rotatable bonds is 78. The van der Waals surface area contributed by atoms with Crippen molar-refractivity contribution in [1.29, 1.82) is 0 Å². The van der Waals surface area contributed by atoms with E-state index < -0.39 is 97.5 Å². The summed E-state index contributed by atoms with van der Waals surface area (Å²) in [6.45, 7) is 9.68. The molecule has 0 saturated carbocycles. The Bertz CT molecular complexity index is 1890. The Labute approximate surface area is 600 Å². The van der Waals surface area contributed by atoms with Crippen LogP contribution in [0.1, 0.15) is 414 Å². The van der Waals surface area contributed by atoms with Crippen molar-refractivity contribution in [3.05, 3.63) is 0 Å². The van der Waals surface area contributed by atoms with Crippen LogP contribution in [-0.4, -0.2) is 96.7 Å². The molecule has 0 bridgehead atoms. The van der Waals surface area contributed by atoms with Crippen molar-refractivity contribution in [2.45, 2.75) is 432 Å². The molecule has 0 aliphatic rings. The average Bonchev–Trinajstić information content (AvgIpc) is 1.03. The molecule has 0 saturated heterocycles. The zero-order valence-corrected chi connectivity index (χ0v) is 65.9. The maximum Gasteiger partial charge on any atom is 0.472 e. The number of hydrogen-bond donors (Lipinski definition) is 3. The van der Waals surface area contributed by atoms with Crippen LogP contribution in [0.2, 0.25) is 0 Å². The van der Waals surface area contributed by atoms with Crippen LogP contribution >= 0.6 is 15.6 Å². The van der Waals surface area contributed by atoms with E-state index in [0.29, 0.717) is 25.7 Å². The van der Waals surface area contributed by atoms with Crippen molar-refractivity contribution in [3.63, 3.8) is 0 Å². The number of phosphoric ester groups is 2. The van der Waals surface area contributed by atoms with E-state index in [4.69, 9.17) is 37.0 Å². The van der Waals surface area contributed by atoms with Gasteiger partial charge in [-0.3, -0.25) is 37.3 Å². The molecule has 0 aromatic heterocycles. The Hall–Kier alpha value is -1.94. The standard InChI is InChI=1S/C79H154O17P2/c1-7-10-12-14-16-18-19-20-28-34-39-45-51-57-63-78(83)95-74(67-89-76(81)61-55-49-43-17-15-13-11-8-2)69-93-97(85,86)91-65-73(80)66-92-98(87,88)94-70-75(96-79(84)64-58-52-46-40-35-30-23-21-22-26-31-36-41-47-53-59-71(4)5)68-90-77(82)62-56-50-44-38-33-29-25-24-27-32-37-42-48-54-60-72(6)9-3/h71-75,80H,7-70H2,1-6H3,(H,85,86)(H,87,88)/t72?,73-,74+,75+/m0/s1. The smallest absolute Gasteiger partial charge is 0.462 e. The van der Waals surface area contributed by atoms with Gasteiger partial charge < -0.3 is 33.8 Å². The van der Waals surface area contributed by atoms with Gasteiger partial charge in [0.15, 0.2) is 12.2 Å². The quantitative estimate of drug-likeness (QED) is 0.0222. The number of hydrogen-bond acceptors (Lipinski definition) is 15. The van der Waals surface area contributed by atoms with E-state index in [9.17, 15) is 43.2 Å². The minimum absolute atomic E-state index is 0.108. The van der Waals surface area contributed by atoms with Gasteiger partial charge in [0.2, 0.25) is 0 Å². The lowest BCUT2D eigenvalue weighted by molar-refractivity contribution is -0.161. The number of ether oxygens (including phenoxy) is 4. The lowest BCUT2D eigenvalue weighted by Gasteiger charge is -2.21. The number of aliphatic hydroxyl groups is 1. The van der Waals surface area contributed by atoms with Crippen molar-refractivity contribution >= 4 is 39.5 Å². The highest BCUT2D eigenvalue weighted by molar-refractivity contribution is 7.47. The summed E-state index contributed by atoms with van der Waals surface area (Å²) in [5, 5.41) is 10.6. The third kappa shape index (κ3) is 71.1. The van der Waals surface area contributed by atoms with E-state index >= 15 is 0 Å². The van der Waals surface area contributed by atoms with Gasteiger partial charge in [-0.1, -0.05) is 363 Å². The van der Waals surface area contributed by atoms with Gasteiger partial charge in [-0.25, -0.2) is 9.13 Å². The molecule has 6 atom stereocenters. The van der Waals surface area contributed by atoms with Crippen LogP contribution in [0.5, 0.6) is 0 Å². The van der Waals surface area contributed by atoms with Crippen molar-refractivity contribution in [2.24, 2.45) is 11.8 Å². The Morgan fingerprint density at radius 2 is 0.520 bits per heavy atom. The van der Waals surface area contributed by atoms with Crippen LogP contribution in [-0.2, 0) is 65.4 Å². The fraction of sp³-hybridized carbons (Fsp3) is 0.949. The molecule has 0 aliphatic heterocycles. The summed E-state index contributed by atoms with van der Waals surface area (Å²) in [6, 6.07) is 0. The van der Waals surface area contributed by atoms with Gasteiger partial charge in [-0.2, -0.15) is 0 Å². The highest BCUT2D eigenvalue weighted by atomic mass is 31.2. The van der Waals surface area contributed by atoms with Crippen LogP contribution in [0, 0.1) is 11.8 Å². The maximum atomic E-state index is 13.1. The van der Waals surface area contributed by atoms with E-state index in [-0.39, 0.29) is 25.7 Å². The number of unbranched alkanes of at least 4 members (excludes halogenated alkanes) is 47. The second kappa shape index (κ2) is 70.7. The summed E-state index contributed by atoms with van der Waals surface area (Å²) in [5.41, 5.74) is 0. The summed E-state index contributed by atoms with van der Waals surface area (Å²) >= 11 is 0. The lowest BCUT2D eigenvalue weighted by atomic mass is 9.99. The van der Waals surface area contributed by atoms with Gasteiger partial charge in [0.1, 0.15) is 19.3 Å². The predicted octanol–water partition coefficient (Wildman–Crippen LogP) is 23.5. The van der Waals surface area contributed by atoms with Gasteiger partial charge in [0.05, 0.1) is 26.4 Å². The van der Waals surface area contributed by atoms with E-state index in [0.717, 1.165) is 108 Å². The molecule has 19 heteroatoms. The zero-order chi connectivity index (χ0) is 72.1. The topological polar surface area (TPSA) is 237 Å². The second-order valence-corrected chi connectivity index (χ2v) is 32.1. The fourth-order valence-corrected chi connectivity index (χ4v) is 13.7. The SMILES string of the molecule is CCCCCCCCCCCCCCCCC(=O)O[C@H](COC(=O)CCCCCCCCCC)COP(=O)(O)OC[C@H](O)COP(=O)(O)OC[C@@H](COC(=O)CCCCCCCCCCCCCCCCC(C)CC)OC(=O)CCCCCCCCCCCCCCCCCC(C)C. The molecule has 0 amide bonds. The van der Waals surface area contributed by atoms with Crippen LogP contribution in [0.25, 0.3) is 0 Å². The third-order valence-electron chi connectivity index (χ3n) is 18.8. The first-order valence-corrected chi connectivity index (χ1v) is 44.0. The number of carbonyl (C=O) groups excluding carboxylic acids is 4. The molecule has 3 unspecified atom stereocenters. The van der Waals surface area contributed by atoms with Crippen LogP contribution < -0.4 is 0 Å². The van der Waals surface area contributed by atoms with Crippen LogP contribution in [0.4, 0.5) is 0 Å². The first-order valence-electron chi connectivity index (χ1n) is 41.0. The van der Waals surface area contributed by atoms with Gasteiger partial charge in [-0.05, 0) is 37.5 Å². The lowest BCUT2D eigenvalue weighted by Crippen LogP contribution is -2.30. The predicted molar refractivity (Wildman–Crippen MR) is 400 cm³/mol. The number of phosphoric acid groups is 2. The molecule has 0 heterocycles. The average molecular weight is 1440 g/mol. The largest absolute Gasteiger partial charge is 0.472 e. The summed E-state index contributed by atoms with van der Waals surface area (Å²) in [5.74, 6) is -0.460. The first-order chi connectivity index (χ1) is 47.4. The highest BCUT2D eigenvalue weighted by Crippen LogP contribution is 2.45. The fourth-order valence-electron chi connectivity index (χ4n) is 12.2. The van der Waals surface area contributed by atoms with Gasteiger partial charge in [0.25, 0.3) is 0 Å². The second-order valence-electron chi connectivity index (χ2n) is 29.2. The van der Waals surface area contributed by atoms with Crippen molar-refractivity contribution in [1.82, 2.24) is 0 Å². The maximum absolute atomic E-state index is 13.1. The van der Waals surface area contributed by atoms with Crippen LogP contribution in [0.3, 0.4) is 0 Å². The zero-order valence-electron chi connectivity index (χ0n) is 64.1. The molecule has 0 radical (unpaired) electrons. The molecule has 98 heavy (non-hydrogen) atoms. The number of carbonyl (C=O) groups is 4. The number of esters is 4. The molecule has 3 N–H and O–H groups in total. The normalized spacial score (nSPS) is 14.2. The van der Waals surface area contributed by atoms with E-state index in [1.54, 1.807) is 0 Å². The third-order valence-corrected chi connectivity index (χ3v) is 20.7. The van der Waals surface area contributed by atoms with Gasteiger partial charge in [0, 0.05) is 25.7 Å². The Kier molecular flexibility index (Phi) is 69.3. The summed E-state index contributed by atoms with van der Waals surface area (Å²) < 4.78 is 68.6. The molecule has 17 nitrogen and oxygen atoms in total. The minimum atomic E-state index is -4.96. The Morgan fingerprint density at radius 3 is 0.776 bits per heavy atom. The molecule has 0 fully saturated rings. The first kappa shape index (κ1) is 96.1. The highest BCUT2D eigenvalue weighted by Gasteiger charge is 2.30. The van der Waals surface area contributed by atoms with Crippen molar-refractivity contribution in [2.75, 3.05) is 39.6 Å². The minimum Gasteiger partial charge on any atom is -0.462 e. The molecule has 0 aromatic rings. The molecule has 0 rings (SSSR count). The summed E-state index contributed by atoms with van der Waals surface area (Å²) in [7, 11) is -9.91. The summed E-state index contributed by atoms with van der Waals surface area (Å²) in [6.07, 6.45) is 59.6. The molecule has 0 aromatic carbocycles. The molecule has 0 aliphatic carbocycles. The monoisotopic (exact) mass is 1440 g/mol. The van der Waals surface area contributed by atoms with Gasteiger partial charge in [-0.15, -0.1) is 0 Å². The van der Waals surface area contributed by atoms with Crippen LogP contribution in [0.15, 0.2) is 0 Å². The summed E-state index contributed by atoms with van der Waals surface area (Å²) in [4.78, 5) is 72.9. The molecule has 0 spiro atoms.